The molecule has 8 rings (SSSR count). The van der Waals surface area contributed by atoms with Crippen LogP contribution in [0.5, 0.6) is 23.0 Å². The lowest BCUT2D eigenvalue weighted by Crippen LogP contribution is -2.17. The van der Waals surface area contributed by atoms with Crippen LogP contribution in [0.2, 0.25) is 0 Å². The molecule has 0 aliphatic carbocycles. The lowest BCUT2D eigenvalue weighted by Gasteiger charge is -2.15. The van der Waals surface area contributed by atoms with E-state index >= 15 is 4.39 Å². The van der Waals surface area contributed by atoms with Gasteiger partial charge in [-0.3, -0.25) is 22.4 Å². The van der Waals surface area contributed by atoms with E-state index < -0.39 is 163 Å². The van der Waals surface area contributed by atoms with Crippen LogP contribution in [0.3, 0.4) is 0 Å². The molecule has 508 valence electrons. The van der Waals surface area contributed by atoms with Gasteiger partial charge < -0.3 is 45.7 Å². The maximum atomic E-state index is 15.0. The number of phenolic OH excluding ortho intramolecular Hbond substituents is 2. The number of nitrogens with one attached hydrogen (secondary N) is 4. The molecule has 12 N–H and O–H groups in total. The van der Waals surface area contributed by atoms with Crippen molar-refractivity contribution in [2.75, 3.05) is 74.1 Å². The molecule has 2 aromatic heterocycles. The molecule has 2 heterocycles. The second-order valence-electron chi connectivity index (χ2n) is 18.0. The smallest absolute Gasteiger partial charge is 0.315 e. The highest BCUT2D eigenvalue weighted by Gasteiger charge is 2.30. The first-order valence-corrected chi connectivity index (χ1v) is 34.0. The molecule has 0 amide bonds. The summed E-state index contributed by atoms with van der Waals surface area (Å²) in [6.07, 6.45) is -2.87. The van der Waals surface area contributed by atoms with E-state index in [4.69, 9.17) is 28.9 Å². The Hall–Kier alpha value is -8.71. The minimum absolute atomic E-state index is 0.0390. The van der Waals surface area contributed by atoms with Crippen LogP contribution in [-0.4, -0.2) is 164 Å². The summed E-state index contributed by atoms with van der Waals surface area (Å²) >= 11 is 0.344. The van der Waals surface area contributed by atoms with Gasteiger partial charge >= 0.3 is 12.2 Å². The molecule has 40 nitrogen and oxygen atoms in total. The van der Waals surface area contributed by atoms with Crippen molar-refractivity contribution in [3.8, 4) is 23.0 Å². The Morgan fingerprint density at radius 3 is 1.72 bits per heavy atom. The monoisotopic (exact) mass is 1470 g/mol. The first kappa shape index (κ1) is 72.1. The maximum Gasteiger partial charge on any atom is 0.315 e. The third kappa shape index (κ3) is 18.2. The van der Waals surface area contributed by atoms with E-state index in [0.29, 0.717) is 6.07 Å². The number of azo groups is 2. The number of nitrogens with zero attached hydrogens (tertiary/aromatic N) is 10. The molecule has 0 saturated heterocycles. The lowest BCUT2D eigenvalue weighted by atomic mass is 10.1. The molecule has 8 aromatic rings. The molecule has 6 aromatic carbocycles. The van der Waals surface area contributed by atoms with Gasteiger partial charge in [-0.1, -0.05) is 10.1 Å². The topological polar surface area (TPSA) is 581 Å². The fraction of sp³-hybridized carbons (Fsp3) is 0.174. The van der Waals surface area contributed by atoms with E-state index in [1.54, 1.807) is 0 Å². The standard InChI is InChI=1S/C46H42F2N14O26S7/c1-81-31-8-4-22(91(67,68)14-13-84-90-88-86-66)17-29(31)60-61-36-33(89-87-85-65)16-21-15-24(93(72,73)74)18-30(35(21)39(36)64)52-46-56-42(48)54-44(58-46)50-10-12-83-11-9-49-43-53-41(47)55-45(57-43)51-28-7-5-25-26(40(28)95(78,79)80)20-34(94(75,76)77)37(38(25)63)62-59-27-6-3-23(92(69,70)71)19-32(27)82-2/h3-8,15-20,63-66H,9-14H2,1-2H3,(H,69,70,71)(H,72,73,74)(H,75,76,77)(H,78,79,80)(H2,49,51,53,55,57)(H2,50,52,54,56,58). The Morgan fingerprint density at radius 2 is 1.13 bits per heavy atom. The van der Waals surface area contributed by atoms with Crippen molar-refractivity contribution >= 4 is 154 Å². The van der Waals surface area contributed by atoms with Crippen molar-refractivity contribution in [1.82, 2.24) is 29.9 Å². The van der Waals surface area contributed by atoms with Crippen LogP contribution in [0.1, 0.15) is 0 Å². The van der Waals surface area contributed by atoms with E-state index in [0.717, 1.165) is 61.7 Å². The number of hydrogen-bond acceptors (Lipinski definition) is 38. The summed E-state index contributed by atoms with van der Waals surface area (Å²) < 4.78 is 225. The fourth-order valence-electron chi connectivity index (χ4n) is 8.14. The zero-order valence-electron chi connectivity index (χ0n) is 47.2. The summed E-state index contributed by atoms with van der Waals surface area (Å²) in [5.41, 5.74) is -3.13. The van der Waals surface area contributed by atoms with Crippen LogP contribution in [0.4, 0.5) is 66.7 Å². The van der Waals surface area contributed by atoms with Gasteiger partial charge in [0.2, 0.25) is 23.8 Å². The SMILES string of the molecule is COc1cc(S(=O)(=O)O)ccc1N=Nc1c(S(=O)(=O)O)cc2c(S(=O)(=O)O)c(Nc3nc(F)nc(NCCOCCNc4nc(F)nc(Nc5cc(S(=O)(=O)O)cc6cc(SOOO)c(N=Nc7cc(S(=O)(=O)CCOSOOO)ccc7OC)c(O)c56)n4)n3)ccc2c1O. The molecular weight excluding hydrogens is 1430 g/mol. The number of anilines is 6. The lowest BCUT2D eigenvalue weighted by molar-refractivity contribution is -0.434. The van der Waals surface area contributed by atoms with Gasteiger partial charge in [0.05, 0.1) is 82.8 Å². The number of ether oxygens (including phenoxy) is 3. The Bertz CT molecular complexity index is 4920. The van der Waals surface area contributed by atoms with Crippen molar-refractivity contribution in [2.45, 2.75) is 29.4 Å². The van der Waals surface area contributed by atoms with E-state index in [-0.39, 0.29) is 94.1 Å². The first-order valence-electron chi connectivity index (χ1n) is 25.2. The molecule has 0 spiro atoms. The van der Waals surface area contributed by atoms with Gasteiger partial charge in [0.15, 0.2) is 33.7 Å². The van der Waals surface area contributed by atoms with Crippen molar-refractivity contribution in [3.63, 3.8) is 0 Å². The van der Waals surface area contributed by atoms with Crippen LogP contribution in [-0.2, 0) is 78.0 Å². The molecule has 95 heavy (non-hydrogen) atoms. The van der Waals surface area contributed by atoms with Crippen LogP contribution in [0.25, 0.3) is 21.5 Å². The van der Waals surface area contributed by atoms with Crippen molar-refractivity contribution < 1.29 is 127 Å². The summed E-state index contributed by atoms with van der Waals surface area (Å²) in [5.74, 6) is -5.26. The fourth-order valence-corrected chi connectivity index (χ4v) is 12.6. The number of methoxy groups -OCH3 is 2. The summed E-state index contributed by atoms with van der Waals surface area (Å²) in [6.45, 7) is -1.17. The van der Waals surface area contributed by atoms with Crippen molar-refractivity contribution in [1.29, 1.82) is 0 Å². The third-order valence-electron chi connectivity index (χ3n) is 12.1. The predicted molar refractivity (Wildman–Crippen MR) is 320 cm³/mol. The molecule has 0 aliphatic rings. The first-order chi connectivity index (χ1) is 44.8. The molecule has 0 radical (unpaired) electrons. The number of phenols is 2. The molecule has 0 atom stereocenters. The zero-order chi connectivity index (χ0) is 69.2. The maximum absolute atomic E-state index is 15.0. The minimum Gasteiger partial charge on any atom is -0.505 e. The summed E-state index contributed by atoms with van der Waals surface area (Å²) in [5, 5.41) is 71.2. The van der Waals surface area contributed by atoms with E-state index in [9.17, 15) is 74.9 Å². The molecule has 0 saturated carbocycles. The van der Waals surface area contributed by atoms with E-state index in [2.05, 4.69) is 90.4 Å². The van der Waals surface area contributed by atoms with Crippen molar-refractivity contribution in [2.24, 2.45) is 20.5 Å². The summed E-state index contributed by atoms with van der Waals surface area (Å²) in [4.78, 5) is 17.6. The van der Waals surface area contributed by atoms with Crippen molar-refractivity contribution in [3.05, 3.63) is 85.0 Å². The highest BCUT2D eigenvalue weighted by Crippen LogP contribution is 2.49. The zero-order valence-corrected chi connectivity index (χ0v) is 52.9. The molecular formula is C46H42F2N14O26S7. The van der Waals surface area contributed by atoms with E-state index in [1.165, 1.54) is 19.2 Å². The van der Waals surface area contributed by atoms with Gasteiger partial charge in [-0.15, -0.1) is 29.1 Å². The number of hydrogen-bond donors (Lipinski definition) is 12. The van der Waals surface area contributed by atoms with E-state index in [1.807, 2.05) is 0 Å². The van der Waals surface area contributed by atoms with Gasteiger partial charge in [-0.2, -0.15) is 72.4 Å². The molecule has 0 bridgehead atoms. The highest BCUT2D eigenvalue weighted by atomic mass is 32.2. The van der Waals surface area contributed by atoms with Crippen LogP contribution in [0.15, 0.2) is 123 Å². The van der Waals surface area contributed by atoms with Gasteiger partial charge in [-0.05, 0) is 72.1 Å². The quantitative estimate of drug-likeness (QED) is 0.00498. The van der Waals surface area contributed by atoms with Gasteiger partial charge in [0.1, 0.15) is 44.0 Å². The molecule has 0 aliphatic heterocycles. The van der Waals surface area contributed by atoms with Gasteiger partial charge in [0, 0.05) is 35.3 Å². The Labute approximate surface area is 540 Å². The van der Waals surface area contributed by atoms with Crippen LogP contribution in [0, 0.1) is 12.2 Å². The number of fused-ring (bicyclic) bond motifs is 2. The highest BCUT2D eigenvalue weighted by molar-refractivity contribution is 7.94. The molecule has 0 unspecified atom stereocenters. The number of rotatable bonds is 32. The second-order valence-corrected chi connectivity index (χ2v) is 27.0. The van der Waals surface area contributed by atoms with Gasteiger partial charge in [0.25, 0.3) is 40.5 Å². The molecule has 49 heteroatoms. The van der Waals surface area contributed by atoms with Crippen LogP contribution >= 0.6 is 24.4 Å². The number of aromatic hydroxyl groups is 2. The second kappa shape index (κ2) is 30.4. The number of aromatic nitrogens is 6. The summed E-state index contributed by atoms with van der Waals surface area (Å²) in [6, 6.07) is 11.3. The minimum atomic E-state index is -5.47. The average molecular weight is 1470 g/mol. The predicted octanol–water partition coefficient (Wildman–Crippen LogP) is 7.12. The van der Waals surface area contributed by atoms with Gasteiger partial charge in [-0.25, -0.2) is 18.9 Å². The Kier molecular flexibility index (Phi) is 23.0. The van der Waals surface area contributed by atoms with Crippen LogP contribution < -0.4 is 30.7 Å². The third-order valence-corrected chi connectivity index (χ3v) is 18.3. The Morgan fingerprint density at radius 1 is 0.537 bits per heavy atom. The number of benzene rings is 6. The number of halogens is 2. The summed E-state index contributed by atoms with van der Waals surface area (Å²) in [7, 11) is -22.5. The average Bonchev–Trinajstić information content (AvgIpc) is 0.753. The Balaban J connectivity index is 0.959. The largest absolute Gasteiger partial charge is 0.505 e. The normalized spacial score (nSPS) is 12.5. The molecule has 0 fully saturated rings. The number of sulfone groups is 1.